The van der Waals surface area contributed by atoms with E-state index in [2.05, 4.69) is 31.6 Å². The third-order valence-corrected chi connectivity index (χ3v) is 5.07. The third-order valence-electron chi connectivity index (χ3n) is 3.44. The molecule has 0 atom stereocenters. The van der Waals surface area contributed by atoms with Crippen molar-refractivity contribution in [2.24, 2.45) is 0 Å². The maximum atomic E-state index is 12.2. The molecule has 0 spiro atoms. The number of thiophene rings is 1. The summed E-state index contributed by atoms with van der Waals surface area (Å²) in [5.74, 6) is 0.0273. The molecule has 1 aliphatic heterocycles. The number of hydrogen-bond donors (Lipinski definition) is 1. The first-order valence-corrected chi connectivity index (χ1v) is 8.23. The zero-order valence-corrected chi connectivity index (χ0v) is 13.3. The summed E-state index contributed by atoms with van der Waals surface area (Å²) in [5, 5.41) is 11.5. The molecule has 0 aromatic carbocycles. The zero-order valence-electron chi connectivity index (χ0n) is 10.9. The van der Waals surface area contributed by atoms with Crippen LogP contribution < -0.4 is 5.32 Å². The van der Waals surface area contributed by atoms with Crippen LogP contribution in [0.5, 0.6) is 0 Å². The van der Waals surface area contributed by atoms with Crippen LogP contribution in [0.15, 0.2) is 22.1 Å². The van der Waals surface area contributed by atoms with Gasteiger partial charge in [0.05, 0.1) is 16.0 Å². The number of ketones is 1. The van der Waals surface area contributed by atoms with Crippen LogP contribution in [-0.4, -0.2) is 33.9 Å². The van der Waals surface area contributed by atoms with Crippen LogP contribution in [0.4, 0.5) is 0 Å². The van der Waals surface area contributed by atoms with Crippen LogP contribution in [0, 0.1) is 0 Å². The minimum Gasteiger partial charge on any atom is -0.317 e. The molecule has 0 amide bonds. The van der Waals surface area contributed by atoms with Crippen molar-refractivity contribution in [1.29, 1.82) is 0 Å². The van der Waals surface area contributed by atoms with Gasteiger partial charge in [0.15, 0.2) is 5.78 Å². The first-order valence-electron chi connectivity index (χ1n) is 6.62. The van der Waals surface area contributed by atoms with Crippen LogP contribution in [0.3, 0.4) is 0 Å². The Bertz CT molecular complexity index is 603. The van der Waals surface area contributed by atoms with Crippen molar-refractivity contribution in [3.05, 3.63) is 32.7 Å². The molecular formula is C13H15BrN4OS. The summed E-state index contributed by atoms with van der Waals surface area (Å²) in [6, 6.07) is 4.28. The van der Waals surface area contributed by atoms with E-state index in [1.165, 1.54) is 0 Å². The molecule has 7 heteroatoms. The standard InChI is InChI=1S/C13H15BrN4OS/c14-13-2-1-10(20-13)7-12(19)11-8-18(17-16-11)9-3-5-15-6-4-9/h1-2,8-9,15H,3-7H2. The molecule has 2 aromatic heterocycles. The summed E-state index contributed by atoms with van der Waals surface area (Å²) in [6.45, 7) is 1.99. The van der Waals surface area contributed by atoms with Crippen LogP contribution in [0.2, 0.25) is 0 Å². The van der Waals surface area contributed by atoms with Gasteiger partial charge in [0, 0.05) is 11.3 Å². The topological polar surface area (TPSA) is 59.8 Å². The van der Waals surface area contributed by atoms with Crippen molar-refractivity contribution >= 4 is 33.0 Å². The molecule has 106 valence electrons. The molecule has 2 aromatic rings. The lowest BCUT2D eigenvalue weighted by molar-refractivity contribution is 0.0989. The summed E-state index contributed by atoms with van der Waals surface area (Å²) in [6.07, 6.45) is 4.26. The van der Waals surface area contributed by atoms with Crippen LogP contribution in [-0.2, 0) is 6.42 Å². The van der Waals surface area contributed by atoms with E-state index in [4.69, 9.17) is 0 Å². The monoisotopic (exact) mass is 354 g/mol. The molecule has 3 rings (SSSR count). The average molecular weight is 355 g/mol. The number of piperidine rings is 1. The van der Waals surface area contributed by atoms with E-state index >= 15 is 0 Å². The largest absolute Gasteiger partial charge is 0.317 e. The lowest BCUT2D eigenvalue weighted by atomic mass is 10.1. The summed E-state index contributed by atoms with van der Waals surface area (Å²) < 4.78 is 2.89. The highest BCUT2D eigenvalue weighted by Gasteiger charge is 2.19. The number of nitrogens with one attached hydrogen (secondary N) is 1. The van der Waals surface area contributed by atoms with E-state index in [0.717, 1.165) is 34.6 Å². The molecule has 20 heavy (non-hydrogen) atoms. The van der Waals surface area contributed by atoms with Gasteiger partial charge < -0.3 is 5.32 Å². The highest BCUT2D eigenvalue weighted by atomic mass is 79.9. The lowest BCUT2D eigenvalue weighted by Crippen LogP contribution is -2.29. The summed E-state index contributed by atoms with van der Waals surface area (Å²) in [4.78, 5) is 13.2. The molecule has 1 N–H and O–H groups in total. The third kappa shape index (κ3) is 3.16. The number of hydrogen-bond acceptors (Lipinski definition) is 5. The van der Waals surface area contributed by atoms with Gasteiger partial charge in [0.1, 0.15) is 5.69 Å². The molecule has 1 aliphatic rings. The Morgan fingerprint density at radius 2 is 2.25 bits per heavy atom. The maximum Gasteiger partial charge on any atom is 0.189 e. The highest BCUT2D eigenvalue weighted by Crippen LogP contribution is 2.23. The summed E-state index contributed by atoms with van der Waals surface area (Å²) >= 11 is 4.98. The normalized spacial score (nSPS) is 16.4. The van der Waals surface area contributed by atoms with Crippen molar-refractivity contribution in [1.82, 2.24) is 20.3 Å². The fourth-order valence-corrected chi connectivity index (χ4v) is 3.83. The van der Waals surface area contributed by atoms with Gasteiger partial charge in [-0.15, -0.1) is 16.4 Å². The second-order valence-corrected chi connectivity index (χ2v) is 7.42. The molecule has 0 bridgehead atoms. The van der Waals surface area contributed by atoms with Gasteiger partial charge in [-0.3, -0.25) is 4.79 Å². The van der Waals surface area contributed by atoms with Gasteiger partial charge in [-0.25, -0.2) is 4.68 Å². The van der Waals surface area contributed by atoms with Gasteiger partial charge in [0.2, 0.25) is 0 Å². The summed E-state index contributed by atoms with van der Waals surface area (Å²) in [5.41, 5.74) is 0.466. The second kappa shape index (κ2) is 6.15. The molecule has 0 aliphatic carbocycles. The van der Waals surface area contributed by atoms with E-state index in [1.54, 1.807) is 17.5 Å². The number of halogens is 1. The Kier molecular flexibility index (Phi) is 4.28. The number of nitrogens with zero attached hydrogens (tertiary/aromatic N) is 3. The first-order chi connectivity index (χ1) is 9.72. The second-order valence-electron chi connectivity index (χ2n) is 4.87. The molecule has 0 radical (unpaired) electrons. The van der Waals surface area contributed by atoms with E-state index in [-0.39, 0.29) is 5.78 Å². The van der Waals surface area contributed by atoms with E-state index < -0.39 is 0 Å². The van der Waals surface area contributed by atoms with Crippen LogP contribution in [0.1, 0.15) is 34.2 Å². The predicted molar refractivity (Wildman–Crippen MR) is 81.2 cm³/mol. The van der Waals surface area contributed by atoms with Crippen LogP contribution in [0.25, 0.3) is 0 Å². The number of Topliss-reactive ketones (excluding diaryl/α,β-unsaturated/α-hetero) is 1. The highest BCUT2D eigenvalue weighted by molar-refractivity contribution is 9.11. The SMILES string of the molecule is O=C(Cc1ccc(Br)s1)c1cn(C2CCNCC2)nn1. The summed E-state index contributed by atoms with van der Waals surface area (Å²) in [7, 11) is 0. The van der Waals surface area contributed by atoms with Gasteiger partial charge in [0.25, 0.3) is 0 Å². The Labute approximate surface area is 129 Å². The average Bonchev–Trinajstić information content (AvgIpc) is 3.09. The number of aromatic nitrogens is 3. The molecule has 1 fully saturated rings. The van der Waals surface area contributed by atoms with E-state index in [9.17, 15) is 4.79 Å². The van der Waals surface area contributed by atoms with E-state index in [1.807, 2.05) is 16.8 Å². The predicted octanol–water partition coefficient (Wildman–Crippen LogP) is 2.45. The van der Waals surface area contributed by atoms with Gasteiger partial charge in [-0.2, -0.15) is 0 Å². The van der Waals surface area contributed by atoms with Crippen LogP contribution >= 0.6 is 27.3 Å². The van der Waals surface area contributed by atoms with Gasteiger partial charge in [-0.1, -0.05) is 5.21 Å². The fraction of sp³-hybridized carbons (Fsp3) is 0.462. The maximum absolute atomic E-state index is 12.2. The quantitative estimate of drug-likeness (QED) is 0.856. The van der Waals surface area contributed by atoms with Crippen molar-refractivity contribution in [3.8, 4) is 0 Å². The molecular weight excluding hydrogens is 340 g/mol. The Morgan fingerprint density at radius 3 is 2.95 bits per heavy atom. The fourth-order valence-electron chi connectivity index (χ4n) is 2.35. The van der Waals surface area contributed by atoms with Gasteiger partial charge in [-0.05, 0) is 54.0 Å². The van der Waals surface area contributed by atoms with Gasteiger partial charge >= 0.3 is 0 Å². The number of carbonyl (C=O) groups excluding carboxylic acids is 1. The Hall–Kier alpha value is -1.05. The zero-order chi connectivity index (χ0) is 13.9. The molecule has 3 heterocycles. The minimum atomic E-state index is 0.0273. The minimum absolute atomic E-state index is 0.0273. The van der Waals surface area contributed by atoms with Crippen molar-refractivity contribution in [2.75, 3.05) is 13.1 Å². The molecule has 0 unspecified atom stereocenters. The van der Waals surface area contributed by atoms with Crippen molar-refractivity contribution < 1.29 is 4.79 Å². The van der Waals surface area contributed by atoms with Crippen molar-refractivity contribution in [2.45, 2.75) is 25.3 Å². The lowest BCUT2D eigenvalue weighted by Gasteiger charge is -2.22. The number of carbonyl (C=O) groups is 1. The molecule has 1 saturated heterocycles. The smallest absolute Gasteiger partial charge is 0.189 e. The number of rotatable bonds is 4. The van der Waals surface area contributed by atoms with Crippen molar-refractivity contribution in [3.63, 3.8) is 0 Å². The molecule has 0 saturated carbocycles. The molecule has 5 nitrogen and oxygen atoms in total. The first kappa shape index (κ1) is 13.9. The van der Waals surface area contributed by atoms with E-state index in [0.29, 0.717) is 18.2 Å². The Balaban J connectivity index is 1.67. The Morgan fingerprint density at radius 1 is 1.45 bits per heavy atom.